The third-order valence-corrected chi connectivity index (χ3v) is 4.32. The minimum Gasteiger partial charge on any atom is -0.466 e. The van der Waals surface area contributed by atoms with Gasteiger partial charge in [-0.1, -0.05) is 12.1 Å². The van der Waals surface area contributed by atoms with Crippen LogP contribution in [-0.4, -0.2) is 48.5 Å². The van der Waals surface area contributed by atoms with Gasteiger partial charge < -0.3 is 14.4 Å². The SMILES string of the molecule is CCOC(=O)C1CCN(C(=O)C(C)OC(=O)Cc2cccc(F)c2)CC1. The summed E-state index contributed by atoms with van der Waals surface area (Å²) in [6.07, 6.45) is 0.0545. The number of carbonyl (C=O) groups excluding carboxylic acids is 3. The number of nitrogens with zero attached hydrogens (tertiary/aromatic N) is 1. The fourth-order valence-corrected chi connectivity index (χ4v) is 2.96. The summed E-state index contributed by atoms with van der Waals surface area (Å²) in [6, 6.07) is 5.69. The Labute approximate surface area is 152 Å². The van der Waals surface area contributed by atoms with Gasteiger partial charge in [-0.05, 0) is 44.4 Å². The molecule has 0 saturated carbocycles. The van der Waals surface area contributed by atoms with Crippen LogP contribution in [-0.2, 0) is 30.3 Å². The smallest absolute Gasteiger partial charge is 0.311 e. The van der Waals surface area contributed by atoms with Crippen molar-refractivity contribution < 1.29 is 28.2 Å². The van der Waals surface area contributed by atoms with Crippen LogP contribution in [0.1, 0.15) is 32.3 Å². The Balaban J connectivity index is 1.80. The molecule has 1 amide bonds. The molecule has 1 unspecified atom stereocenters. The van der Waals surface area contributed by atoms with Crippen molar-refractivity contribution in [1.82, 2.24) is 4.90 Å². The van der Waals surface area contributed by atoms with Gasteiger partial charge in [-0.25, -0.2) is 4.39 Å². The monoisotopic (exact) mass is 365 g/mol. The second-order valence-electron chi connectivity index (χ2n) is 6.29. The molecule has 0 N–H and O–H groups in total. The Bertz CT molecular complexity index is 655. The van der Waals surface area contributed by atoms with Gasteiger partial charge in [0, 0.05) is 13.1 Å². The van der Waals surface area contributed by atoms with E-state index in [0.717, 1.165) is 0 Å². The average Bonchev–Trinajstić information content (AvgIpc) is 2.61. The van der Waals surface area contributed by atoms with Crippen molar-refractivity contribution >= 4 is 17.8 Å². The molecule has 142 valence electrons. The molecule has 1 aliphatic heterocycles. The number of amides is 1. The van der Waals surface area contributed by atoms with Crippen molar-refractivity contribution in [1.29, 1.82) is 0 Å². The zero-order valence-corrected chi connectivity index (χ0v) is 15.1. The van der Waals surface area contributed by atoms with Gasteiger partial charge in [-0.15, -0.1) is 0 Å². The lowest BCUT2D eigenvalue weighted by Gasteiger charge is -2.32. The van der Waals surface area contributed by atoms with E-state index in [1.54, 1.807) is 17.9 Å². The number of rotatable bonds is 6. The third-order valence-electron chi connectivity index (χ3n) is 4.32. The topological polar surface area (TPSA) is 72.9 Å². The summed E-state index contributed by atoms with van der Waals surface area (Å²) in [5.41, 5.74) is 0.491. The van der Waals surface area contributed by atoms with Gasteiger partial charge >= 0.3 is 11.9 Å². The first-order valence-corrected chi connectivity index (χ1v) is 8.80. The Hall–Kier alpha value is -2.44. The maximum Gasteiger partial charge on any atom is 0.311 e. The molecule has 2 rings (SSSR count). The molecule has 1 fully saturated rings. The number of ether oxygens (including phenoxy) is 2. The summed E-state index contributed by atoms with van der Waals surface area (Å²) in [6.45, 7) is 4.47. The molecular weight excluding hydrogens is 341 g/mol. The van der Waals surface area contributed by atoms with Crippen molar-refractivity contribution in [3.8, 4) is 0 Å². The minimum atomic E-state index is -0.921. The predicted molar refractivity (Wildman–Crippen MR) is 91.6 cm³/mol. The second kappa shape index (κ2) is 9.31. The van der Waals surface area contributed by atoms with E-state index in [1.165, 1.54) is 25.1 Å². The highest BCUT2D eigenvalue weighted by molar-refractivity contribution is 5.84. The molecule has 0 bridgehead atoms. The van der Waals surface area contributed by atoms with Crippen LogP contribution in [0.15, 0.2) is 24.3 Å². The summed E-state index contributed by atoms with van der Waals surface area (Å²) in [5, 5.41) is 0. The summed E-state index contributed by atoms with van der Waals surface area (Å²) >= 11 is 0. The van der Waals surface area contributed by atoms with Gasteiger partial charge in [0.05, 0.1) is 18.9 Å². The van der Waals surface area contributed by atoms with Crippen LogP contribution in [0.5, 0.6) is 0 Å². The first kappa shape index (κ1) is 19.9. The van der Waals surface area contributed by atoms with Crippen LogP contribution in [0.4, 0.5) is 4.39 Å². The number of halogens is 1. The maximum absolute atomic E-state index is 13.1. The standard InChI is InChI=1S/C19H24FNO5/c1-3-25-19(24)15-7-9-21(10-8-15)18(23)13(2)26-17(22)12-14-5-4-6-16(20)11-14/h4-6,11,13,15H,3,7-10,12H2,1-2H3. The quantitative estimate of drug-likeness (QED) is 0.722. The van der Waals surface area contributed by atoms with Crippen molar-refractivity contribution in [2.75, 3.05) is 19.7 Å². The summed E-state index contributed by atoms with van der Waals surface area (Å²) in [4.78, 5) is 37.7. The zero-order chi connectivity index (χ0) is 19.1. The van der Waals surface area contributed by atoms with Crippen LogP contribution in [0, 0.1) is 11.7 Å². The van der Waals surface area contributed by atoms with E-state index in [9.17, 15) is 18.8 Å². The number of carbonyl (C=O) groups is 3. The second-order valence-corrected chi connectivity index (χ2v) is 6.29. The van der Waals surface area contributed by atoms with Crippen LogP contribution >= 0.6 is 0 Å². The zero-order valence-electron chi connectivity index (χ0n) is 15.1. The normalized spacial score (nSPS) is 16.0. The Morgan fingerprint density at radius 1 is 1.27 bits per heavy atom. The average molecular weight is 365 g/mol. The molecule has 0 aromatic heterocycles. The van der Waals surface area contributed by atoms with E-state index >= 15 is 0 Å². The number of piperidine rings is 1. The largest absolute Gasteiger partial charge is 0.466 e. The summed E-state index contributed by atoms with van der Waals surface area (Å²) in [7, 11) is 0. The summed E-state index contributed by atoms with van der Waals surface area (Å²) < 4.78 is 23.3. The molecule has 0 radical (unpaired) electrons. The van der Waals surface area contributed by atoms with E-state index in [1.807, 2.05) is 0 Å². The number of benzene rings is 1. The highest BCUT2D eigenvalue weighted by Gasteiger charge is 2.31. The van der Waals surface area contributed by atoms with E-state index < -0.39 is 17.9 Å². The van der Waals surface area contributed by atoms with Gasteiger partial charge in [0.2, 0.25) is 0 Å². The van der Waals surface area contributed by atoms with E-state index in [-0.39, 0.29) is 24.2 Å². The van der Waals surface area contributed by atoms with Crippen LogP contribution < -0.4 is 0 Å². The molecule has 0 aliphatic carbocycles. The number of hydrogen-bond acceptors (Lipinski definition) is 5. The first-order chi connectivity index (χ1) is 12.4. The van der Waals surface area contributed by atoms with Crippen LogP contribution in [0.2, 0.25) is 0 Å². The molecule has 1 aliphatic rings. The lowest BCUT2D eigenvalue weighted by atomic mass is 9.97. The van der Waals surface area contributed by atoms with Crippen molar-refractivity contribution in [3.05, 3.63) is 35.6 Å². The molecule has 1 saturated heterocycles. The Morgan fingerprint density at radius 2 is 1.96 bits per heavy atom. The predicted octanol–water partition coefficient (Wildman–Crippen LogP) is 2.10. The third kappa shape index (κ3) is 5.54. The van der Waals surface area contributed by atoms with Gasteiger partial charge in [-0.3, -0.25) is 14.4 Å². The van der Waals surface area contributed by atoms with Crippen molar-refractivity contribution in [3.63, 3.8) is 0 Å². The molecule has 1 heterocycles. The highest BCUT2D eigenvalue weighted by atomic mass is 19.1. The number of hydrogen-bond donors (Lipinski definition) is 0. The Morgan fingerprint density at radius 3 is 2.58 bits per heavy atom. The number of likely N-dealkylation sites (tertiary alicyclic amines) is 1. The lowest BCUT2D eigenvalue weighted by Crippen LogP contribution is -2.45. The van der Waals surface area contributed by atoms with E-state index in [4.69, 9.17) is 9.47 Å². The van der Waals surface area contributed by atoms with E-state index in [2.05, 4.69) is 0 Å². The first-order valence-electron chi connectivity index (χ1n) is 8.80. The van der Waals surface area contributed by atoms with Crippen LogP contribution in [0.25, 0.3) is 0 Å². The molecule has 0 spiro atoms. The molecule has 6 nitrogen and oxygen atoms in total. The molecule has 7 heteroatoms. The highest BCUT2D eigenvalue weighted by Crippen LogP contribution is 2.20. The molecule has 26 heavy (non-hydrogen) atoms. The lowest BCUT2D eigenvalue weighted by molar-refractivity contribution is -0.160. The van der Waals surface area contributed by atoms with Gasteiger partial charge in [-0.2, -0.15) is 0 Å². The minimum absolute atomic E-state index is 0.0969. The van der Waals surface area contributed by atoms with Crippen LogP contribution in [0.3, 0.4) is 0 Å². The molecule has 1 atom stereocenters. The number of esters is 2. The van der Waals surface area contributed by atoms with Gasteiger partial charge in [0.15, 0.2) is 6.10 Å². The van der Waals surface area contributed by atoms with E-state index in [0.29, 0.717) is 38.1 Å². The van der Waals surface area contributed by atoms with Gasteiger partial charge in [0.1, 0.15) is 5.82 Å². The molecular formula is C19H24FNO5. The van der Waals surface area contributed by atoms with Gasteiger partial charge in [0.25, 0.3) is 5.91 Å². The molecule has 1 aromatic rings. The fourth-order valence-electron chi connectivity index (χ4n) is 2.96. The summed E-state index contributed by atoms with van der Waals surface area (Å²) in [5.74, 6) is -1.72. The van der Waals surface area contributed by atoms with Crippen molar-refractivity contribution in [2.45, 2.75) is 39.2 Å². The Kier molecular flexibility index (Phi) is 7.12. The van der Waals surface area contributed by atoms with Crippen molar-refractivity contribution in [2.24, 2.45) is 5.92 Å². The maximum atomic E-state index is 13.1. The molecule has 1 aromatic carbocycles. The fraction of sp³-hybridized carbons (Fsp3) is 0.526.